The van der Waals surface area contributed by atoms with E-state index in [1.165, 1.54) is 0 Å². The molecule has 0 fully saturated rings. The highest BCUT2D eigenvalue weighted by Gasteiger charge is 2.15. The average Bonchev–Trinajstić information content (AvgIpc) is 2.39. The quantitative estimate of drug-likeness (QED) is 0.672. The summed E-state index contributed by atoms with van der Waals surface area (Å²) in [5.74, 6) is -0.170. The first-order chi connectivity index (χ1) is 9.04. The van der Waals surface area contributed by atoms with Crippen molar-refractivity contribution in [2.45, 2.75) is 6.92 Å². The van der Waals surface area contributed by atoms with Crippen molar-refractivity contribution in [2.24, 2.45) is 0 Å². The molecule has 94 valence electrons. The molecule has 0 saturated heterocycles. The van der Waals surface area contributed by atoms with Gasteiger partial charge < -0.3 is 5.73 Å². The number of anilines is 1. The van der Waals surface area contributed by atoms with Crippen LogP contribution in [-0.4, -0.2) is 5.78 Å². The van der Waals surface area contributed by atoms with Gasteiger partial charge in [0.15, 0.2) is 5.78 Å². The molecule has 0 aliphatic carbocycles. The highest BCUT2D eigenvalue weighted by Crippen LogP contribution is 2.23. The normalized spacial score (nSPS) is 9.95. The van der Waals surface area contributed by atoms with Crippen LogP contribution in [0.2, 0.25) is 5.02 Å². The number of nitrogens with two attached hydrogens (primary N) is 1. The van der Waals surface area contributed by atoms with Crippen LogP contribution in [0, 0.1) is 18.3 Å². The van der Waals surface area contributed by atoms with Crippen LogP contribution in [0.5, 0.6) is 0 Å². The maximum Gasteiger partial charge on any atom is 0.193 e. The number of hydrogen-bond donors (Lipinski definition) is 1. The molecule has 0 bridgehead atoms. The third kappa shape index (κ3) is 2.44. The average molecular weight is 271 g/mol. The Morgan fingerprint density at radius 2 is 2.05 bits per heavy atom. The van der Waals surface area contributed by atoms with Crippen LogP contribution in [-0.2, 0) is 0 Å². The Kier molecular flexibility index (Phi) is 3.55. The SMILES string of the molecule is Cc1c(C(=O)c2cccc(Cl)c2)ccc(N)c1C#N. The topological polar surface area (TPSA) is 66.9 Å². The number of benzene rings is 2. The number of halogens is 1. The van der Waals surface area contributed by atoms with E-state index >= 15 is 0 Å². The maximum atomic E-state index is 12.4. The number of nitriles is 1. The second-order valence-electron chi connectivity index (χ2n) is 4.15. The smallest absolute Gasteiger partial charge is 0.193 e. The molecule has 0 atom stereocenters. The molecule has 2 rings (SSSR count). The molecule has 2 N–H and O–H groups in total. The first kappa shape index (κ1) is 13.1. The fourth-order valence-corrected chi connectivity index (χ4v) is 2.10. The molecule has 0 heterocycles. The van der Waals surface area contributed by atoms with Crippen LogP contribution in [0.3, 0.4) is 0 Å². The molecule has 0 aliphatic heterocycles. The van der Waals surface area contributed by atoms with Gasteiger partial charge in [-0.2, -0.15) is 5.26 Å². The van der Waals surface area contributed by atoms with Gasteiger partial charge in [0.25, 0.3) is 0 Å². The molecule has 4 heteroatoms. The second-order valence-corrected chi connectivity index (χ2v) is 4.59. The van der Waals surface area contributed by atoms with Crippen LogP contribution in [0.1, 0.15) is 27.0 Å². The minimum Gasteiger partial charge on any atom is -0.398 e. The van der Waals surface area contributed by atoms with Crippen molar-refractivity contribution in [3.05, 3.63) is 63.7 Å². The van der Waals surface area contributed by atoms with Gasteiger partial charge in [-0.15, -0.1) is 0 Å². The van der Waals surface area contributed by atoms with E-state index in [1.54, 1.807) is 43.3 Å². The van der Waals surface area contributed by atoms with Crippen molar-refractivity contribution in [1.82, 2.24) is 0 Å². The summed E-state index contributed by atoms with van der Waals surface area (Å²) in [7, 11) is 0. The maximum absolute atomic E-state index is 12.4. The Hall–Kier alpha value is -2.31. The predicted molar refractivity (Wildman–Crippen MR) is 75.2 cm³/mol. The van der Waals surface area contributed by atoms with Gasteiger partial charge in [-0.05, 0) is 36.8 Å². The summed E-state index contributed by atoms with van der Waals surface area (Å²) in [5.41, 5.74) is 7.97. The number of nitrogens with zero attached hydrogens (tertiary/aromatic N) is 1. The molecule has 2 aromatic rings. The zero-order valence-corrected chi connectivity index (χ0v) is 11.0. The zero-order valence-electron chi connectivity index (χ0n) is 10.3. The standard InChI is InChI=1S/C15H11ClN2O/c1-9-12(5-6-14(18)13(9)8-17)15(19)10-3-2-4-11(16)7-10/h2-7H,18H2,1H3. The van der Waals surface area contributed by atoms with E-state index in [1.807, 2.05) is 6.07 Å². The van der Waals surface area contributed by atoms with Crippen molar-refractivity contribution in [1.29, 1.82) is 5.26 Å². The van der Waals surface area contributed by atoms with E-state index in [0.29, 0.717) is 33.0 Å². The molecule has 19 heavy (non-hydrogen) atoms. The van der Waals surface area contributed by atoms with Crippen LogP contribution in [0.15, 0.2) is 36.4 Å². The molecular weight excluding hydrogens is 260 g/mol. The molecule has 2 aromatic carbocycles. The lowest BCUT2D eigenvalue weighted by Crippen LogP contribution is -2.06. The van der Waals surface area contributed by atoms with Crippen LogP contribution < -0.4 is 5.73 Å². The molecule has 0 spiro atoms. The van der Waals surface area contributed by atoms with Gasteiger partial charge in [0.2, 0.25) is 0 Å². The lowest BCUT2D eigenvalue weighted by molar-refractivity contribution is 0.103. The first-order valence-electron chi connectivity index (χ1n) is 5.64. The van der Waals surface area contributed by atoms with Crippen molar-refractivity contribution < 1.29 is 4.79 Å². The van der Waals surface area contributed by atoms with Gasteiger partial charge in [-0.3, -0.25) is 4.79 Å². The summed E-state index contributed by atoms with van der Waals surface area (Å²) in [6, 6.07) is 11.9. The summed E-state index contributed by atoms with van der Waals surface area (Å²) in [6.45, 7) is 1.71. The number of carbonyl (C=O) groups is 1. The largest absolute Gasteiger partial charge is 0.398 e. The molecule has 0 unspecified atom stereocenters. The van der Waals surface area contributed by atoms with Crippen LogP contribution in [0.25, 0.3) is 0 Å². The fraction of sp³-hybridized carbons (Fsp3) is 0.0667. The number of nitrogen functional groups attached to an aromatic ring is 1. The molecule has 3 nitrogen and oxygen atoms in total. The van der Waals surface area contributed by atoms with Crippen LogP contribution in [0.4, 0.5) is 5.69 Å². The van der Waals surface area contributed by atoms with E-state index in [0.717, 1.165) is 0 Å². The van der Waals surface area contributed by atoms with E-state index in [2.05, 4.69) is 0 Å². The lowest BCUT2D eigenvalue weighted by atomic mass is 9.95. The third-order valence-electron chi connectivity index (χ3n) is 2.94. The minimum atomic E-state index is -0.170. The molecule has 0 aromatic heterocycles. The van der Waals surface area contributed by atoms with Gasteiger partial charge in [0.05, 0.1) is 5.56 Å². The Labute approximate surface area is 116 Å². The monoisotopic (exact) mass is 270 g/mol. The summed E-state index contributed by atoms with van der Waals surface area (Å²) in [5, 5.41) is 9.56. The zero-order chi connectivity index (χ0) is 14.0. The summed E-state index contributed by atoms with van der Waals surface area (Å²) < 4.78 is 0. The van der Waals surface area contributed by atoms with Gasteiger partial charge >= 0.3 is 0 Å². The molecule has 0 radical (unpaired) electrons. The van der Waals surface area contributed by atoms with E-state index in [9.17, 15) is 4.79 Å². The van der Waals surface area contributed by atoms with Crippen molar-refractivity contribution >= 4 is 23.1 Å². The summed E-state index contributed by atoms with van der Waals surface area (Å²) in [6.07, 6.45) is 0. The van der Waals surface area contributed by atoms with Gasteiger partial charge in [-0.1, -0.05) is 23.7 Å². The van der Waals surface area contributed by atoms with Crippen molar-refractivity contribution in [3.8, 4) is 6.07 Å². The molecule has 0 amide bonds. The summed E-state index contributed by atoms with van der Waals surface area (Å²) >= 11 is 5.88. The van der Waals surface area contributed by atoms with Gasteiger partial charge in [-0.25, -0.2) is 0 Å². The van der Waals surface area contributed by atoms with Gasteiger partial charge in [0.1, 0.15) is 6.07 Å². The minimum absolute atomic E-state index is 0.170. The second kappa shape index (κ2) is 5.13. The Bertz CT molecular complexity index is 702. The van der Waals surface area contributed by atoms with Crippen molar-refractivity contribution in [2.75, 3.05) is 5.73 Å². The van der Waals surface area contributed by atoms with E-state index < -0.39 is 0 Å². The Morgan fingerprint density at radius 3 is 2.68 bits per heavy atom. The number of rotatable bonds is 2. The molecule has 0 saturated carbocycles. The summed E-state index contributed by atoms with van der Waals surface area (Å²) in [4.78, 5) is 12.4. The number of hydrogen-bond acceptors (Lipinski definition) is 3. The fourth-order valence-electron chi connectivity index (χ4n) is 1.91. The highest BCUT2D eigenvalue weighted by molar-refractivity contribution is 6.31. The predicted octanol–water partition coefficient (Wildman–Crippen LogP) is 3.33. The third-order valence-corrected chi connectivity index (χ3v) is 3.18. The number of carbonyl (C=O) groups excluding carboxylic acids is 1. The van der Waals surface area contributed by atoms with Gasteiger partial charge in [0, 0.05) is 21.8 Å². The molecular formula is C15H11ClN2O. The Morgan fingerprint density at radius 1 is 1.32 bits per heavy atom. The lowest BCUT2D eigenvalue weighted by Gasteiger charge is -2.08. The first-order valence-corrected chi connectivity index (χ1v) is 6.02. The number of ketones is 1. The van der Waals surface area contributed by atoms with E-state index in [-0.39, 0.29) is 5.78 Å². The van der Waals surface area contributed by atoms with Crippen LogP contribution >= 0.6 is 11.6 Å². The van der Waals surface area contributed by atoms with Crippen molar-refractivity contribution in [3.63, 3.8) is 0 Å². The van der Waals surface area contributed by atoms with E-state index in [4.69, 9.17) is 22.6 Å². The Balaban J connectivity index is 2.55. The highest BCUT2D eigenvalue weighted by atomic mass is 35.5. The molecule has 0 aliphatic rings.